The van der Waals surface area contributed by atoms with E-state index in [0.717, 1.165) is 11.1 Å². The standard InChI is InChI=1S/C36H33NO7/c1-2-41-30-21-26(13-15-29(30)44-23-25-11-7-4-8-12-25)33-32(34(38)27-14-16-28-31(22-27)43-20-19-42-28)35(39)36(40)37(33)18-17-24-9-5-3-6-10-24/h3-16,21-22,33,38H,2,17-20,23H2,1H3. The molecule has 1 saturated heterocycles. The third-order valence-corrected chi connectivity index (χ3v) is 7.66. The van der Waals surface area contributed by atoms with Crippen molar-refractivity contribution in [2.75, 3.05) is 26.4 Å². The number of rotatable bonds is 10. The molecule has 2 heterocycles. The van der Waals surface area contributed by atoms with E-state index in [-0.39, 0.29) is 17.9 Å². The number of amides is 1. The predicted molar refractivity (Wildman–Crippen MR) is 165 cm³/mol. The van der Waals surface area contributed by atoms with Crippen LogP contribution in [0.3, 0.4) is 0 Å². The number of Topliss-reactive ketones (excluding diaryl/α,β-unsaturated/α-hetero) is 1. The summed E-state index contributed by atoms with van der Waals surface area (Å²) in [6.45, 7) is 3.68. The Kier molecular flexibility index (Phi) is 8.50. The van der Waals surface area contributed by atoms with Crippen LogP contribution in [-0.4, -0.2) is 48.1 Å². The molecule has 1 fully saturated rings. The Labute approximate surface area is 256 Å². The van der Waals surface area contributed by atoms with Crippen molar-refractivity contribution in [3.8, 4) is 23.0 Å². The van der Waals surface area contributed by atoms with Gasteiger partial charge in [0.15, 0.2) is 23.0 Å². The third kappa shape index (κ3) is 5.97. The largest absolute Gasteiger partial charge is 0.507 e. The number of ketones is 1. The molecule has 224 valence electrons. The average Bonchev–Trinajstić information content (AvgIpc) is 3.32. The van der Waals surface area contributed by atoms with Crippen LogP contribution < -0.4 is 18.9 Å². The molecule has 0 spiro atoms. The molecule has 8 nitrogen and oxygen atoms in total. The van der Waals surface area contributed by atoms with E-state index in [0.29, 0.717) is 67.0 Å². The maximum atomic E-state index is 13.6. The lowest BCUT2D eigenvalue weighted by molar-refractivity contribution is -0.139. The number of ether oxygens (including phenoxy) is 4. The van der Waals surface area contributed by atoms with Gasteiger partial charge >= 0.3 is 0 Å². The Morgan fingerprint density at radius 2 is 1.52 bits per heavy atom. The monoisotopic (exact) mass is 591 g/mol. The molecular weight excluding hydrogens is 558 g/mol. The van der Waals surface area contributed by atoms with E-state index in [1.54, 1.807) is 30.3 Å². The van der Waals surface area contributed by atoms with Gasteiger partial charge in [-0.25, -0.2) is 0 Å². The predicted octanol–water partition coefficient (Wildman–Crippen LogP) is 6.10. The molecular formula is C36H33NO7. The number of hydrogen-bond donors (Lipinski definition) is 1. The highest BCUT2D eigenvalue weighted by Crippen LogP contribution is 2.43. The van der Waals surface area contributed by atoms with E-state index >= 15 is 0 Å². The second-order valence-corrected chi connectivity index (χ2v) is 10.5. The first-order chi connectivity index (χ1) is 21.5. The van der Waals surface area contributed by atoms with E-state index in [4.69, 9.17) is 18.9 Å². The molecule has 2 aliphatic rings. The Morgan fingerprint density at radius 1 is 0.818 bits per heavy atom. The second kappa shape index (κ2) is 13.0. The molecule has 2 aliphatic heterocycles. The van der Waals surface area contributed by atoms with Crippen molar-refractivity contribution in [3.63, 3.8) is 0 Å². The molecule has 4 aromatic rings. The quantitative estimate of drug-likeness (QED) is 0.135. The zero-order valence-electron chi connectivity index (χ0n) is 24.4. The van der Waals surface area contributed by atoms with Gasteiger partial charge in [-0.1, -0.05) is 66.7 Å². The maximum absolute atomic E-state index is 13.6. The minimum absolute atomic E-state index is 0.000131. The van der Waals surface area contributed by atoms with Crippen LogP contribution in [0.1, 0.15) is 35.2 Å². The summed E-state index contributed by atoms with van der Waals surface area (Å²) in [7, 11) is 0. The second-order valence-electron chi connectivity index (χ2n) is 10.5. The highest BCUT2D eigenvalue weighted by Gasteiger charge is 2.46. The molecule has 0 aliphatic carbocycles. The lowest BCUT2D eigenvalue weighted by Gasteiger charge is -2.26. The number of nitrogens with zero attached hydrogens (tertiary/aromatic N) is 1. The van der Waals surface area contributed by atoms with E-state index in [1.807, 2.05) is 73.7 Å². The topological polar surface area (TPSA) is 94.5 Å². The highest BCUT2D eigenvalue weighted by atomic mass is 16.6. The number of carbonyl (C=O) groups is 2. The number of benzene rings is 4. The molecule has 1 unspecified atom stereocenters. The van der Waals surface area contributed by atoms with Gasteiger partial charge in [-0.2, -0.15) is 0 Å². The van der Waals surface area contributed by atoms with Crippen molar-refractivity contribution in [3.05, 3.63) is 125 Å². The van der Waals surface area contributed by atoms with Gasteiger partial charge in [0, 0.05) is 12.1 Å². The fourth-order valence-electron chi connectivity index (χ4n) is 5.52. The molecule has 8 heteroatoms. The molecule has 0 bridgehead atoms. The Morgan fingerprint density at radius 3 is 2.25 bits per heavy atom. The Bertz CT molecular complexity index is 1680. The van der Waals surface area contributed by atoms with E-state index in [1.165, 1.54) is 4.90 Å². The lowest BCUT2D eigenvalue weighted by atomic mass is 9.94. The fourth-order valence-corrected chi connectivity index (χ4v) is 5.52. The molecule has 1 atom stereocenters. The summed E-state index contributed by atoms with van der Waals surface area (Å²) in [4.78, 5) is 28.7. The summed E-state index contributed by atoms with van der Waals surface area (Å²) in [5.74, 6) is 0.329. The Balaban J connectivity index is 1.40. The smallest absolute Gasteiger partial charge is 0.295 e. The van der Waals surface area contributed by atoms with Crippen molar-refractivity contribution in [1.82, 2.24) is 4.90 Å². The molecule has 1 amide bonds. The number of fused-ring (bicyclic) bond motifs is 1. The summed E-state index contributed by atoms with van der Waals surface area (Å²) in [6.07, 6.45) is 0.533. The van der Waals surface area contributed by atoms with Crippen LogP contribution in [0.5, 0.6) is 23.0 Å². The van der Waals surface area contributed by atoms with Gasteiger partial charge in [0.2, 0.25) is 0 Å². The van der Waals surface area contributed by atoms with Gasteiger partial charge in [-0.05, 0) is 60.4 Å². The average molecular weight is 592 g/mol. The molecule has 0 aromatic heterocycles. The number of hydrogen-bond acceptors (Lipinski definition) is 7. The van der Waals surface area contributed by atoms with Crippen LogP contribution in [0.15, 0.2) is 103 Å². The minimum Gasteiger partial charge on any atom is -0.507 e. The molecule has 44 heavy (non-hydrogen) atoms. The zero-order valence-corrected chi connectivity index (χ0v) is 24.4. The van der Waals surface area contributed by atoms with Gasteiger partial charge in [-0.3, -0.25) is 9.59 Å². The molecule has 6 rings (SSSR count). The summed E-state index contributed by atoms with van der Waals surface area (Å²) in [6, 6.07) is 29.1. The van der Waals surface area contributed by atoms with Crippen molar-refractivity contribution in [2.24, 2.45) is 0 Å². The van der Waals surface area contributed by atoms with Crippen molar-refractivity contribution < 1.29 is 33.6 Å². The third-order valence-electron chi connectivity index (χ3n) is 7.66. The summed E-state index contributed by atoms with van der Waals surface area (Å²) >= 11 is 0. The van der Waals surface area contributed by atoms with Gasteiger partial charge in [0.25, 0.3) is 11.7 Å². The van der Waals surface area contributed by atoms with Gasteiger partial charge < -0.3 is 29.0 Å². The first-order valence-electron chi connectivity index (χ1n) is 14.7. The molecule has 4 aromatic carbocycles. The molecule has 0 saturated carbocycles. The number of aliphatic hydroxyl groups is 1. The molecule has 0 radical (unpaired) electrons. The number of carbonyl (C=O) groups excluding carboxylic acids is 2. The minimum atomic E-state index is -0.853. The normalized spacial score (nSPS) is 17.0. The Hall–Kier alpha value is -5.24. The van der Waals surface area contributed by atoms with Crippen molar-refractivity contribution >= 4 is 17.4 Å². The maximum Gasteiger partial charge on any atom is 0.295 e. The number of likely N-dealkylation sites (tertiary alicyclic amines) is 1. The van der Waals surface area contributed by atoms with Gasteiger partial charge in [0.05, 0.1) is 18.2 Å². The first kappa shape index (κ1) is 28.9. The van der Waals surface area contributed by atoms with Crippen LogP contribution >= 0.6 is 0 Å². The van der Waals surface area contributed by atoms with Crippen molar-refractivity contribution in [2.45, 2.75) is 26.0 Å². The molecule has 1 N–H and O–H groups in total. The van der Waals surface area contributed by atoms with Crippen LogP contribution in [0, 0.1) is 0 Å². The van der Waals surface area contributed by atoms with E-state index < -0.39 is 17.7 Å². The van der Waals surface area contributed by atoms with Crippen LogP contribution in [-0.2, 0) is 22.6 Å². The SMILES string of the molecule is CCOc1cc(C2C(=C(O)c3ccc4c(c3)OCCO4)C(=O)C(=O)N2CCc2ccccc2)ccc1OCc1ccccc1. The highest BCUT2D eigenvalue weighted by molar-refractivity contribution is 6.46. The number of aliphatic hydroxyl groups excluding tert-OH is 1. The summed E-state index contributed by atoms with van der Waals surface area (Å²) in [5, 5.41) is 11.6. The van der Waals surface area contributed by atoms with Crippen LogP contribution in [0.2, 0.25) is 0 Å². The van der Waals surface area contributed by atoms with Crippen LogP contribution in [0.25, 0.3) is 5.76 Å². The first-order valence-corrected chi connectivity index (χ1v) is 14.7. The summed E-state index contributed by atoms with van der Waals surface area (Å²) < 4.78 is 23.4. The lowest BCUT2D eigenvalue weighted by Crippen LogP contribution is -2.31. The van der Waals surface area contributed by atoms with E-state index in [2.05, 4.69) is 0 Å². The van der Waals surface area contributed by atoms with E-state index in [9.17, 15) is 14.7 Å². The van der Waals surface area contributed by atoms with Crippen molar-refractivity contribution in [1.29, 1.82) is 0 Å². The van der Waals surface area contributed by atoms with Gasteiger partial charge in [0.1, 0.15) is 25.6 Å². The zero-order chi connectivity index (χ0) is 30.5. The van der Waals surface area contributed by atoms with Gasteiger partial charge in [-0.15, -0.1) is 0 Å². The summed E-state index contributed by atoms with van der Waals surface area (Å²) in [5.41, 5.74) is 3.01. The van der Waals surface area contributed by atoms with Crippen LogP contribution in [0.4, 0.5) is 0 Å². The fraction of sp³-hybridized carbons (Fsp3) is 0.222.